The molecule has 146 valence electrons. The van der Waals surface area contributed by atoms with Crippen molar-refractivity contribution in [3.63, 3.8) is 0 Å². The summed E-state index contributed by atoms with van der Waals surface area (Å²) in [4.78, 5) is 14.6. The average molecular weight is 398 g/mol. The highest BCUT2D eigenvalue weighted by atomic mass is 32.2. The second-order valence-electron chi connectivity index (χ2n) is 7.00. The SMILES string of the molecule is Cc1oc(C(=O)N(C)c2cccc3ccccc23)cc1S(=O)(=O)N1CCCC1. The van der Waals surface area contributed by atoms with Gasteiger partial charge in [-0.25, -0.2) is 8.42 Å². The molecule has 6 nitrogen and oxygen atoms in total. The van der Waals surface area contributed by atoms with Gasteiger partial charge in [0.25, 0.3) is 5.91 Å². The highest BCUT2D eigenvalue weighted by molar-refractivity contribution is 7.89. The van der Waals surface area contributed by atoms with Crippen LogP contribution in [0.15, 0.2) is 57.8 Å². The number of hydrogen-bond donors (Lipinski definition) is 0. The van der Waals surface area contributed by atoms with E-state index >= 15 is 0 Å². The molecule has 0 N–H and O–H groups in total. The van der Waals surface area contributed by atoms with Crippen molar-refractivity contribution in [3.8, 4) is 0 Å². The highest BCUT2D eigenvalue weighted by Gasteiger charge is 2.32. The Bertz CT molecular complexity index is 1140. The van der Waals surface area contributed by atoms with E-state index in [9.17, 15) is 13.2 Å². The minimum absolute atomic E-state index is 0.0192. The standard InChI is InChI=1S/C21H22N2O4S/c1-15-20(28(25,26)23-12-5-6-13-23)14-19(27-15)21(24)22(2)18-11-7-9-16-8-3-4-10-17(16)18/h3-4,7-11,14H,5-6,12-13H2,1-2H3. The molecule has 3 aromatic rings. The van der Waals surface area contributed by atoms with Crippen molar-refractivity contribution in [2.75, 3.05) is 25.0 Å². The molecule has 1 aliphatic heterocycles. The summed E-state index contributed by atoms with van der Waals surface area (Å²) in [5, 5.41) is 1.96. The van der Waals surface area contributed by atoms with Gasteiger partial charge in [-0.15, -0.1) is 0 Å². The Morgan fingerprint density at radius 1 is 1.07 bits per heavy atom. The number of nitrogens with zero attached hydrogens (tertiary/aromatic N) is 2. The predicted molar refractivity (Wildman–Crippen MR) is 108 cm³/mol. The van der Waals surface area contributed by atoms with Crippen molar-refractivity contribution >= 4 is 32.4 Å². The second kappa shape index (κ2) is 7.07. The molecule has 1 amide bonds. The first kappa shape index (κ1) is 18.7. The van der Waals surface area contributed by atoms with Crippen LogP contribution in [0.2, 0.25) is 0 Å². The van der Waals surface area contributed by atoms with Gasteiger partial charge >= 0.3 is 0 Å². The lowest BCUT2D eigenvalue weighted by atomic mass is 10.1. The quantitative estimate of drug-likeness (QED) is 0.670. The smallest absolute Gasteiger partial charge is 0.293 e. The highest BCUT2D eigenvalue weighted by Crippen LogP contribution is 2.30. The molecular formula is C21H22N2O4S. The molecule has 1 saturated heterocycles. The molecule has 1 aliphatic rings. The van der Waals surface area contributed by atoms with Gasteiger partial charge in [-0.1, -0.05) is 36.4 Å². The minimum atomic E-state index is -3.64. The zero-order valence-corrected chi connectivity index (χ0v) is 16.7. The van der Waals surface area contributed by atoms with Gasteiger partial charge in [0.2, 0.25) is 10.0 Å². The number of aryl methyl sites for hydroxylation is 1. The van der Waals surface area contributed by atoms with E-state index in [1.807, 2.05) is 42.5 Å². The molecule has 0 radical (unpaired) electrons. The van der Waals surface area contributed by atoms with Gasteiger partial charge in [0.15, 0.2) is 5.76 Å². The Kier molecular flexibility index (Phi) is 4.72. The molecule has 1 fully saturated rings. The maximum Gasteiger partial charge on any atom is 0.293 e. The van der Waals surface area contributed by atoms with Gasteiger partial charge < -0.3 is 9.32 Å². The fourth-order valence-corrected chi connectivity index (χ4v) is 5.35. The Labute approximate surface area is 164 Å². The number of rotatable bonds is 4. The first-order chi connectivity index (χ1) is 13.4. The number of fused-ring (bicyclic) bond motifs is 1. The molecule has 7 heteroatoms. The van der Waals surface area contributed by atoms with Gasteiger partial charge in [-0.2, -0.15) is 4.31 Å². The number of furan rings is 1. The van der Waals surface area contributed by atoms with Crippen LogP contribution in [-0.2, 0) is 10.0 Å². The van der Waals surface area contributed by atoms with Crippen molar-refractivity contribution in [2.45, 2.75) is 24.7 Å². The lowest BCUT2D eigenvalue weighted by molar-refractivity contribution is 0.0965. The van der Waals surface area contributed by atoms with Crippen LogP contribution in [0, 0.1) is 6.92 Å². The van der Waals surface area contributed by atoms with Crippen molar-refractivity contribution in [2.24, 2.45) is 0 Å². The Morgan fingerprint density at radius 2 is 1.75 bits per heavy atom. The van der Waals surface area contributed by atoms with E-state index in [4.69, 9.17) is 4.42 Å². The first-order valence-electron chi connectivity index (χ1n) is 9.26. The van der Waals surface area contributed by atoms with Gasteiger partial charge in [-0.3, -0.25) is 4.79 Å². The van der Waals surface area contributed by atoms with Gasteiger partial charge in [0.05, 0.1) is 5.69 Å². The van der Waals surface area contributed by atoms with E-state index in [1.54, 1.807) is 14.0 Å². The molecule has 4 rings (SSSR count). The van der Waals surface area contributed by atoms with Crippen LogP contribution >= 0.6 is 0 Å². The number of amides is 1. The monoisotopic (exact) mass is 398 g/mol. The second-order valence-corrected chi connectivity index (χ2v) is 8.91. The molecule has 2 heterocycles. The summed E-state index contributed by atoms with van der Waals surface area (Å²) < 4.78 is 32.7. The van der Waals surface area contributed by atoms with Crippen molar-refractivity contribution in [1.82, 2.24) is 4.31 Å². The zero-order valence-electron chi connectivity index (χ0n) is 15.9. The molecule has 0 atom stereocenters. The van der Waals surface area contributed by atoms with E-state index in [0.29, 0.717) is 13.1 Å². The van der Waals surface area contributed by atoms with Crippen LogP contribution in [-0.4, -0.2) is 38.8 Å². The number of carbonyl (C=O) groups excluding carboxylic acids is 1. The average Bonchev–Trinajstić information content (AvgIpc) is 3.37. The summed E-state index contributed by atoms with van der Waals surface area (Å²) >= 11 is 0. The third kappa shape index (κ3) is 3.10. The topological polar surface area (TPSA) is 70.8 Å². The summed E-state index contributed by atoms with van der Waals surface area (Å²) in [6.45, 7) is 2.59. The van der Waals surface area contributed by atoms with Crippen molar-refractivity contribution in [1.29, 1.82) is 0 Å². The number of hydrogen-bond acceptors (Lipinski definition) is 4. The first-order valence-corrected chi connectivity index (χ1v) is 10.7. The molecule has 0 unspecified atom stereocenters. The van der Waals surface area contributed by atoms with Crippen LogP contribution in [0.1, 0.15) is 29.2 Å². The Balaban J connectivity index is 1.69. The summed E-state index contributed by atoms with van der Waals surface area (Å²) in [6, 6.07) is 14.9. The van der Waals surface area contributed by atoms with E-state index in [0.717, 1.165) is 29.3 Å². The van der Waals surface area contributed by atoms with Crippen molar-refractivity contribution in [3.05, 3.63) is 60.1 Å². The lowest BCUT2D eigenvalue weighted by Gasteiger charge is -2.18. The van der Waals surface area contributed by atoms with Crippen LogP contribution in [0.4, 0.5) is 5.69 Å². The lowest BCUT2D eigenvalue weighted by Crippen LogP contribution is -2.28. The van der Waals surface area contributed by atoms with Gasteiger partial charge in [0.1, 0.15) is 10.7 Å². The number of sulfonamides is 1. The zero-order chi connectivity index (χ0) is 19.9. The minimum Gasteiger partial charge on any atom is -0.455 e. The number of anilines is 1. The Hall–Kier alpha value is -2.64. The van der Waals surface area contributed by atoms with Gasteiger partial charge in [0, 0.05) is 31.6 Å². The molecule has 0 aliphatic carbocycles. The van der Waals surface area contributed by atoms with E-state index < -0.39 is 10.0 Å². The summed E-state index contributed by atoms with van der Waals surface area (Å²) in [5.74, 6) is -0.130. The molecular weight excluding hydrogens is 376 g/mol. The van der Waals surface area contributed by atoms with E-state index in [1.165, 1.54) is 15.3 Å². The summed E-state index contributed by atoms with van der Waals surface area (Å²) in [6.07, 6.45) is 1.71. The molecule has 1 aromatic heterocycles. The maximum absolute atomic E-state index is 13.0. The van der Waals surface area contributed by atoms with E-state index in [2.05, 4.69) is 0 Å². The largest absolute Gasteiger partial charge is 0.455 e. The predicted octanol–water partition coefficient (Wildman–Crippen LogP) is 3.80. The molecule has 28 heavy (non-hydrogen) atoms. The molecule has 2 aromatic carbocycles. The summed E-state index contributed by atoms with van der Waals surface area (Å²) in [5.41, 5.74) is 0.737. The summed E-state index contributed by atoms with van der Waals surface area (Å²) in [7, 11) is -1.97. The third-order valence-electron chi connectivity index (χ3n) is 5.20. The number of benzene rings is 2. The van der Waals surface area contributed by atoms with Crippen LogP contribution in [0.3, 0.4) is 0 Å². The number of carbonyl (C=O) groups is 1. The van der Waals surface area contributed by atoms with E-state index in [-0.39, 0.29) is 22.3 Å². The van der Waals surface area contributed by atoms with Crippen LogP contribution in [0.5, 0.6) is 0 Å². The molecule has 0 saturated carbocycles. The van der Waals surface area contributed by atoms with Gasteiger partial charge in [-0.05, 0) is 31.2 Å². The molecule has 0 bridgehead atoms. The Morgan fingerprint density at radius 3 is 2.50 bits per heavy atom. The fraction of sp³-hybridized carbons (Fsp3) is 0.286. The maximum atomic E-state index is 13.0. The normalized spacial score (nSPS) is 15.2. The fourth-order valence-electron chi connectivity index (χ4n) is 3.67. The van der Waals surface area contributed by atoms with Crippen LogP contribution < -0.4 is 4.90 Å². The molecule has 0 spiro atoms. The van der Waals surface area contributed by atoms with Crippen LogP contribution in [0.25, 0.3) is 10.8 Å². The van der Waals surface area contributed by atoms with Crippen molar-refractivity contribution < 1.29 is 17.6 Å². The third-order valence-corrected chi connectivity index (χ3v) is 7.20.